The van der Waals surface area contributed by atoms with E-state index in [2.05, 4.69) is 10.0 Å². The molecule has 0 radical (unpaired) electrons. The molecule has 1 amide bonds. The lowest BCUT2D eigenvalue weighted by Gasteiger charge is -2.24. The Morgan fingerprint density at radius 3 is 2.90 bits per heavy atom. The summed E-state index contributed by atoms with van der Waals surface area (Å²) in [6, 6.07) is -1.06. The van der Waals surface area contributed by atoms with Crippen molar-refractivity contribution in [2.45, 2.75) is 32.2 Å². The van der Waals surface area contributed by atoms with Gasteiger partial charge in [-0.05, 0) is 24.8 Å². The molecule has 0 saturated carbocycles. The molecule has 116 valence electrons. The number of ether oxygens (including phenoxy) is 1. The molecule has 1 aliphatic rings. The number of nitrogens with zero attached hydrogens (tertiary/aromatic N) is 4. The third-order valence-corrected chi connectivity index (χ3v) is 3.23. The van der Waals surface area contributed by atoms with Crippen LogP contribution >= 0.6 is 0 Å². The molecule has 1 aliphatic heterocycles. The lowest BCUT2D eigenvalue weighted by Crippen LogP contribution is -2.42. The van der Waals surface area contributed by atoms with Crippen molar-refractivity contribution >= 4 is 17.8 Å². The minimum Gasteiger partial charge on any atom is -0.480 e. The van der Waals surface area contributed by atoms with Gasteiger partial charge in [0.2, 0.25) is 5.91 Å². The number of amides is 1. The van der Waals surface area contributed by atoms with Crippen LogP contribution in [0.15, 0.2) is 5.11 Å². The van der Waals surface area contributed by atoms with Gasteiger partial charge < -0.3 is 14.7 Å². The van der Waals surface area contributed by atoms with Crippen LogP contribution in [0, 0.1) is 5.92 Å². The molecule has 9 nitrogen and oxygen atoms in total. The fourth-order valence-electron chi connectivity index (χ4n) is 2.28. The summed E-state index contributed by atoms with van der Waals surface area (Å²) in [5.41, 5.74) is 8.27. The number of carbonyl (C=O) groups is 3. The van der Waals surface area contributed by atoms with Gasteiger partial charge in [0.05, 0.1) is 6.61 Å². The molecule has 0 spiro atoms. The SMILES string of the molecule is CCOC(=O)CC[C@@H](C(=O)O)N1CC(CN=[N+]=[N-])CC1=O. The van der Waals surface area contributed by atoms with E-state index >= 15 is 0 Å². The molecule has 1 N–H and O–H groups in total. The first kappa shape index (κ1) is 16.8. The highest BCUT2D eigenvalue weighted by Gasteiger charge is 2.37. The van der Waals surface area contributed by atoms with E-state index in [-0.39, 0.29) is 50.8 Å². The Hall–Kier alpha value is -2.28. The number of carboxylic acids is 1. The van der Waals surface area contributed by atoms with E-state index in [1.165, 1.54) is 4.90 Å². The van der Waals surface area contributed by atoms with Crippen LogP contribution in [-0.2, 0) is 19.1 Å². The van der Waals surface area contributed by atoms with Crippen LogP contribution in [0.4, 0.5) is 0 Å². The van der Waals surface area contributed by atoms with E-state index in [9.17, 15) is 19.5 Å². The monoisotopic (exact) mass is 298 g/mol. The summed E-state index contributed by atoms with van der Waals surface area (Å²) in [7, 11) is 0. The highest BCUT2D eigenvalue weighted by Crippen LogP contribution is 2.23. The van der Waals surface area contributed by atoms with Gasteiger partial charge in [0, 0.05) is 30.8 Å². The molecule has 2 atom stereocenters. The summed E-state index contributed by atoms with van der Waals surface area (Å²) in [5, 5.41) is 12.6. The molecule has 0 bridgehead atoms. The minimum absolute atomic E-state index is 0.00808. The Kier molecular flexibility index (Phi) is 6.48. The molecule has 1 fully saturated rings. The van der Waals surface area contributed by atoms with E-state index in [0.29, 0.717) is 0 Å². The molecule has 0 aromatic heterocycles. The molecule has 9 heteroatoms. The van der Waals surface area contributed by atoms with Gasteiger partial charge in [-0.15, -0.1) is 0 Å². The second-order valence-electron chi connectivity index (χ2n) is 4.73. The molecule has 1 rings (SSSR count). The number of aliphatic carboxylic acids is 1. The van der Waals surface area contributed by atoms with Crippen LogP contribution in [0.5, 0.6) is 0 Å². The van der Waals surface area contributed by atoms with Gasteiger partial charge in [0.1, 0.15) is 6.04 Å². The number of carbonyl (C=O) groups excluding carboxylic acids is 2. The Labute approximate surface area is 121 Å². The number of hydrogen-bond acceptors (Lipinski definition) is 5. The quantitative estimate of drug-likeness (QED) is 0.308. The molecular weight excluding hydrogens is 280 g/mol. The van der Waals surface area contributed by atoms with Crippen LogP contribution in [-0.4, -0.2) is 53.6 Å². The summed E-state index contributed by atoms with van der Waals surface area (Å²) in [6.07, 6.45) is 0.103. The number of rotatable bonds is 8. The van der Waals surface area contributed by atoms with Gasteiger partial charge in [0.15, 0.2) is 0 Å². The first-order valence-corrected chi connectivity index (χ1v) is 6.68. The van der Waals surface area contributed by atoms with Crippen molar-refractivity contribution < 1.29 is 24.2 Å². The maximum atomic E-state index is 11.9. The van der Waals surface area contributed by atoms with Crippen LogP contribution in [0.3, 0.4) is 0 Å². The fourth-order valence-corrected chi connectivity index (χ4v) is 2.28. The largest absolute Gasteiger partial charge is 0.480 e. The van der Waals surface area contributed by atoms with E-state index in [1.807, 2.05) is 0 Å². The van der Waals surface area contributed by atoms with Gasteiger partial charge in [-0.1, -0.05) is 5.11 Å². The predicted molar refractivity (Wildman–Crippen MR) is 71.1 cm³/mol. The molecule has 0 aromatic rings. The summed E-state index contributed by atoms with van der Waals surface area (Å²) >= 11 is 0. The topological polar surface area (TPSA) is 133 Å². The second kappa shape index (κ2) is 8.11. The smallest absolute Gasteiger partial charge is 0.326 e. The molecule has 0 aliphatic carbocycles. The molecular formula is C12H18N4O5. The predicted octanol–water partition coefficient (Wildman–Crippen LogP) is 0.942. The third-order valence-electron chi connectivity index (χ3n) is 3.23. The van der Waals surface area contributed by atoms with E-state index in [0.717, 1.165) is 0 Å². The minimum atomic E-state index is -1.16. The average Bonchev–Trinajstić information content (AvgIpc) is 2.78. The average molecular weight is 298 g/mol. The molecule has 21 heavy (non-hydrogen) atoms. The van der Waals surface area contributed by atoms with E-state index in [4.69, 9.17) is 10.3 Å². The molecule has 1 saturated heterocycles. The summed E-state index contributed by atoms with van der Waals surface area (Å²) in [6.45, 7) is 2.27. The second-order valence-corrected chi connectivity index (χ2v) is 4.73. The van der Waals surface area contributed by atoms with Crippen LogP contribution < -0.4 is 0 Å². The summed E-state index contributed by atoms with van der Waals surface area (Å²) < 4.78 is 4.75. The van der Waals surface area contributed by atoms with Crippen LogP contribution in [0.2, 0.25) is 0 Å². The number of azide groups is 1. The highest BCUT2D eigenvalue weighted by molar-refractivity contribution is 5.85. The van der Waals surface area contributed by atoms with Crippen molar-refractivity contribution in [2.24, 2.45) is 11.0 Å². The van der Waals surface area contributed by atoms with Gasteiger partial charge in [-0.3, -0.25) is 9.59 Å². The van der Waals surface area contributed by atoms with Gasteiger partial charge in [-0.25, -0.2) is 4.79 Å². The van der Waals surface area contributed by atoms with Crippen molar-refractivity contribution in [1.29, 1.82) is 0 Å². The van der Waals surface area contributed by atoms with Gasteiger partial charge in [-0.2, -0.15) is 0 Å². The lowest BCUT2D eigenvalue weighted by molar-refractivity contribution is -0.150. The molecule has 0 aromatic carbocycles. The number of hydrogen-bond donors (Lipinski definition) is 1. The third kappa shape index (κ3) is 4.96. The van der Waals surface area contributed by atoms with Gasteiger partial charge in [0.25, 0.3) is 0 Å². The Bertz CT molecular complexity index is 461. The zero-order valence-electron chi connectivity index (χ0n) is 11.8. The van der Waals surface area contributed by atoms with Crippen LogP contribution in [0.1, 0.15) is 26.2 Å². The highest BCUT2D eigenvalue weighted by atomic mass is 16.5. The number of esters is 1. The first-order valence-electron chi connectivity index (χ1n) is 6.68. The van der Waals surface area contributed by atoms with E-state index < -0.39 is 18.0 Å². The number of carboxylic acid groups (broad SMARTS) is 1. The maximum Gasteiger partial charge on any atom is 0.326 e. The van der Waals surface area contributed by atoms with Crippen molar-refractivity contribution in [2.75, 3.05) is 19.7 Å². The normalized spacial score (nSPS) is 19.0. The zero-order chi connectivity index (χ0) is 15.8. The summed E-state index contributed by atoms with van der Waals surface area (Å²) in [5.74, 6) is -2.12. The Morgan fingerprint density at radius 2 is 2.33 bits per heavy atom. The maximum absolute atomic E-state index is 11.9. The van der Waals surface area contributed by atoms with Gasteiger partial charge >= 0.3 is 11.9 Å². The van der Waals surface area contributed by atoms with Crippen molar-refractivity contribution in [3.05, 3.63) is 10.4 Å². The lowest BCUT2D eigenvalue weighted by atomic mass is 10.1. The first-order chi connectivity index (χ1) is 9.99. The standard InChI is InChI=1S/C12H18N4O5/c1-2-21-11(18)4-3-9(12(19)20)16-7-8(5-10(16)17)6-14-15-13/h8-9H,2-7H2,1H3,(H,19,20)/t8?,9-/m0/s1. The Morgan fingerprint density at radius 1 is 1.62 bits per heavy atom. The Balaban J connectivity index is 2.63. The molecule has 1 unspecified atom stereocenters. The fraction of sp³-hybridized carbons (Fsp3) is 0.750. The number of likely N-dealkylation sites (tertiary alicyclic amines) is 1. The zero-order valence-corrected chi connectivity index (χ0v) is 11.8. The molecule has 1 heterocycles. The van der Waals surface area contributed by atoms with Crippen LogP contribution in [0.25, 0.3) is 10.4 Å². The summed E-state index contributed by atoms with van der Waals surface area (Å²) in [4.78, 5) is 38.3. The van der Waals surface area contributed by atoms with Crippen molar-refractivity contribution in [3.8, 4) is 0 Å². The van der Waals surface area contributed by atoms with E-state index in [1.54, 1.807) is 6.92 Å². The van der Waals surface area contributed by atoms with Crippen molar-refractivity contribution in [1.82, 2.24) is 4.90 Å². The van der Waals surface area contributed by atoms with Crippen molar-refractivity contribution in [3.63, 3.8) is 0 Å².